The van der Waals surface area contributed by atoms with Crippen LogP contribution in [0.1, 0.15) is 15.9 Å². The predicted molar refractivity (Wildman–Crippen MR) is 76.9 cm³/mol. The van der Waals surface area contributed by atoms with Crippen molar-refractivity contribution < 1.29 is 9.18 Å². The molecule has 0 fully saturated rings. The summed E-state index contributed by atoms with van der Waals surface area (Å²) in [5, 5.41) is 0. The van der Waals surface area contributed by atoms with Gasteiger partial charge in [0.25, 0.3) is 5.91 Å². The number of hydrogen-bond acceptors (Lipinski definition) is 3. The van der Waals surface area contributed by atoms with Crippen LogP contribution in [0.15, 0.2) is 48.8 Å². The first-order valence-corrected chi connectivity index (χ1v) is 6.38. The van der Waals surface area contributed by atoms with Gasteiger partial charge in [0.1, 0.15) is 5.82 Å². The van der Waals surface area contributed by atoms with Crippen LogP contribution in [0.4, 0.5) is 4.39 Å². The second-order valence-electron chi connectivity index (χ2n) is 4.64. The average molecular weight is 284 g/mol. The van der Waals surface area contributed by atoms with Crippen molar-refractivity contribution in [1.82, 2.24) is 15.0 Å². The lowest BCUT2D eigenvalue weighted by Gasteiger charge is -2.08. The van der Waals surface area contributed by atoms with Crippen LogP contribution in [0.3, 0.4) is 0 Å². The fourth-order valence-electron chi connectivity index (χ4n) is 2.24. The van der Waals surface area contributed by atoms with E-state index in [1.165, 1.54) is 18.2 Å². The van der Waals surface area contributed by atoms with E-state index >= 15 is 0 Å². The zero-order valence-corrected chi connectivity index (χ0v) is 11.1. The molecule has 0 radical (unpaired) electrons. The summed E-state index contributed by atoms with van der Waals surface area (Å²) in [4.78, 5) is 15.8. The molecule has 0 spiro atoms. The van der Waals surface area contributed by atoms with Gasteiger partial charge in [-0.1, -0.05) is 12.1 Å². The van der Waals surface area contributed by atoms with Crippen LogP contribution in [0.2, 0.25) is 0 Å². The molecule has 106 valence electrons. The van der Waals surface area contributed by atoms with Gasteiger partial charge < -0.3 is 4.57 Å². The van der Waals surface area contributed by atoms with Crippen molar-refractivity contribution >= 4 is 16.9 Å². The molecule has 3 N–H and O–H groups in total. The first-order chi connectivity index (χ1) is 10.2. The van der Waals surface area contributed by atoms with Gasteiger partial charge in [0.15, 0.2) is 0 Å². The summed E-state index contributed by atoms with van der Waals surface area (Å²) in [6.07, 6.45) is 1.65. The van der Waals surface area contributed by atoms with Gasteiger partial charge in [0, 0.05) is 11.1 Å². The van der Waals surface area contributed by atoms with E-state index in [0.29, 0.717) is 11.1 Å². The number of benzene rings is 2. The molecule has 1 heterocycles. The summed E-state index contributed by atoms with van der Waals surface area (Å²) in [6, 6.07) is 11.7. The largest absolute Gasteiger partial charge is 0.326 e. The molecule has 0 aliphatic heterocycles. The number of nitrogen functional groups attached to an aromatic ring is 1. The van der Waals surface area contributed by atoms with Crippen molar-refractivity contribution in [3.8, 4) is 0 Å². The van der Waals surface area contributed by atoms with Crippen molar-refractivity contribution in [2.24, 2.45) is 5.84 Å². The smallest absolute Gasteiger partial charge is 0.265 e. The Morgan fingerprint density at radius 2 is 2.10 bits per heavy atom. The summed E-state index contributed by atoms with van der Waals surface area (Å²) in [6.45, 7) is 0.290. The molecule has 0 atom stereocenters. The van der Waals surface area contributed by atoms with Crippen molar-refractivity contribution in [1.29, 1.82) is 0 Å². The Balaban J connectivity index is 1.99. The SMILES string of the molecule is NNC(=O)c1ccc(F)c(Cn2cnc3ccccc32)c1. The molecule has 0 saturated heterocycles. The van der Waals surface area contributed by atoms with Crippen LogP contribution in [0.25, 0.3) is 11.0 Å². The van der Waals surface area contributed by atoms with Crippen LogP contribution in [-0.2, 0) is 6.54 Å². The Morgan fingerprint density at radius 3 is 2.90 bits per heavy atom. The van der Waals surface area contributed by atoms with E-state index < -0.39 is 5.91 Å². The van der Waals surface area contributed by atoms with E-state index in [0.717, 1.165) is 11.0 Å². The third-order valence-electron chi connectivity index (χ3n) is 3.31. The van der Waals surface area contributed by atoms with Crippen molar-refractivity contribution in [3.63, 3.8) is 0 Å². The first-order valence-electron chi connectivity index (χ1n) is 6.38. The normalized spacial score (nSPS) is 10.8. The van der Waals surface area contributed by atoms with Gasteiger partial charge in [0.05, 0.1) is 23.9 Å². The topological polar surface area (TPSA) is 72.9 Å². The molecule has 3 aromatic rings. The summed E-state index contributed by atoms with van der Waals surface area (Å²) in [5.74, 6) is 4.27. The molecule has 1 amide bonds. The van der Waals surface area contributed by atoms with E-state index in [4.69, 9.17) is 5.84 Å². The number of nitrogens with zero attached hydrogens (tertiary/aromatic N) is 2. The van der Waals surface area contributed by atoms with Crippen molar-refractivity contribution in [3.05, 3.63) is 65.7 Å². The van der Waals surface area contributed by atoms with E-state index in [1.807, 2.05) is 34.3 Å². The summed E-state index contributed by atoms with van der Waals surface area (Å²) in [7, 11) is 0. The second-order valence-corrected chi connectivity index (χ2v) is 4.64. The molecule has 0 aliphatic carbocycles. The van der Waals surface area contributed by atoms with Crippen LogP contribution in [0, 0.1) is 5.82 Å². The van der Waals surface area contributed by atoms with E-state index in [1.54, 1.807) is 6.33 Å². The molecule has 21 heavy (non-hydrogen) atoms. The summed E-state index contributed by atoms with van der Waals surface area (Å²) < 4.78 is 15.8. The lowest BCUT2D eigenvalue weighted by molar-refractivity contribution is 0.0953. The molecule has 3 rings (SSSR count). The number of fused-ring (bicyclic) bond motifs is 1. The number of aromatic nitrogens is 2. The molecule has 0 bridgehead atoms. The molecule has 0 saturated carbocycles. The highest BCUT2D eigenvalue weighted by atomic mass is 19.1. The summed E-state index contributed by atoms with van der Waals surface area (Å²) >= 11 is 0. The number of carbonyl (C=O) groups is 1. The number of hydrogen-bond donors (Lipinski definition) is 2. The number of hydrazine groups is 1. The first kappa shape index (κ1) is 13.3. The molecule has 1 aromatic heterocycles. The zero-order valence-electron chi connectivity index (χ0n) is 11.1. The lowest BCUT2D eigenvalue weighted by atomic mass is 10.1. The Morgan fingerprint density at radius 1 is 1.29 bits per heavy atom. The fourth-order valence-corrected chi connectivity index (χ4v) is 2.24. The van der Waals surface area contributed by atoms with Gasteiger partial charge in [-0.2, -0.15) is 0 Å². The molecule has 0 aliphatic rings. The second kappa shape index (κ2) is 5.34. The Labute approximate surface area is 120 Å². The third-order valence-corrected chi connectivity index (χ3v) is 3.31. The average Bonchev–Trinajstić information content (AvgIpc) is 2.92. The number of rotatable bonds is 3. The van der Waals surface area contributed by atoms with Gasteiger partial charge in [0.2, 0.25) is 0 Å². The van der Waals surface area contributed by atoms with Crippen LogP contribution >= 0.6 is 0 Å². The number of halogens is 1. The Kier molecular flexibility index (Phi) is 3.37. The van der Waals surface area contributed by atoms with E-state index in [-0.39, 0.29) is 12.4 Å². The van der Waals surface area contributed by atoms with E-state index in [2.05, 4.69) is 4.98 Å². The molecule has 2 aromatic carbocycles. The zero-order chi connectivity index (χ0) is 14.8. The molecule has 0 unspecified atom stereocenters. The highest BCUT2D eigenvalue weighted by Crippen LogP contribution is 2.17. The number of imidazole rings is 1. The molecular formula is C15H13FN4O. The Bertz CT molecular complexity index is 812. The Hall–Kier alpha value is -2.73. The van der Waals surface area contributed by atoms with E-state index in [9.17, 15) is 9.18 Å². The molecule has 5 nitrogen and oxygen atoms in total. The van der Waals surface area contributed by atoms with Crippen molar-refractivity contribution in [2.45, 2.75) is 6.54 Å². The minimum atomic E-state index is -0.452. The maximum atomic E-state index is 13.9. The van der Waals surface area contributed by atoms with Crippen molar-refractivity contribution in [2.75, 3.05) is 0 Å². The molecule has 6 heteroatoms. The highest BCUT2D eigenvalue weighted by Gasteiger charge is 2.10. The van der Waals surface area contributed by atoms with Gasteiger partial charge in [-0.25, -0.2) is 15.2 Å². The minimum Gasteiger partial charge on any atom is -0.326 e. The maximum absolute atomic E-state index is 13.9. The standard InChI is InChI=1S/C15H13FN4O/c16-12-6-5-10(15(21)19-17)7-11(12)8-20-9-18-13-3-1-2-4-14(13)20/h1-7,9H,8,17H2,(H,19,21). The summed E-state index contributed by atoms with van der Waals surface area (Å²) in [5.41, 5.74) is 4.51. The lowest BCUT2D eigenvalue weighted by Crippen LogP contribution is -2.30. The van der Waals surface area contributed by atoms with Gasteiger partial charge in [-0.05, 0) is 30.3 Å². The monoisotopic (exact) mass is 284 g/mol. The van der Waals surface area contributed by atoms with Crippen LogP contribution < -0.4 is 11.3 Å². The number of amides is 1. The van der Waals surface area contributed by atoms with Gasteiger partial charge >= 0.3 is 0 Å². The number of nitrogens with two attached hydrogens (primary N) is 1. The quantitative estimate of drug-likeness (QED) is 0.438. The highest BCUT2D eigenvalue weighted by molar-refractivity contribution is 5.93. The van der Waals surface area contributed by atoms with Crippen LogP contribution in [0.5, 0.6) is 0 Å². The van der Waals surface area contributed by atoms with Crippen LogP contribution in [-0.4, -0.2) is 15.5 Å². The minimum absolute atomic E-state index is 0.290. The van der Waals surface area contributed by atoms with Gasteiger partial charge in [-0.3, -0.25) is 10.2 Å². The molecular weight excluding hydrogens is 271 g/mol. The third kappa shape index (κ3) is 2.48. The maximum Gasteiger partial charge on any atom is 0.265 e. The van der Waals surface area contributed by atoms with Gasteiger partial charge in [-0.15, -0.1) is 0 Å². The fraction of sp³-hybridized carbons (Fsp3) is 0.0667. The number of nitrogens with one attached hydrogen (secondary N) is 1. The number of para-hydroxylation sites is 2. The number of carbonyl (C=O) groups excluding carboxylic acids is 1. The predicted octanol–water partition coefficient (Wildman–Crippen LogP) is 1.83.